The van der Waals surface area contributed by atoms with E-state index in [9.17, 15) is 8.78 Å². The van der Waals surface area contributed by atoms with Crippen molar-refractivity contribution in [1.29, 1.82) is 0 Å². The molecule has 0 amide bonds. The second-order valence-corrected chi connectivity index (χ2v) is 3.87. The van der Waals surface area contributed by atoms with Gasteiger partial charge in [-0.05, 0) is 24.3 Å². The summed E-state index contributed by atoms with van der Waals surface area (Å²) in [5.74, 6) is -1.19. The van der Waals surface area contributed by atoms with E-state index in [1.165, 1.54) is 50.6 Å². The summed E-state index contributed by atoms with van der Waals surface area (Å²) in [5, 5.41) is 0. The molecule has 4 nitrogen and oxygen atoms in total. The molecule has 7 heteroatoms. The number of halogens is 2. The van der Waals surface area contributed by atoms with Crippen LogP contribution in [0.25, 0.3) is 0 Å². The molecule has 21 heavy (non-hydrogen) atoms. The van der Waals surface area contributed by atoms with Gasteiger partial charge in [0.2, 0.25) is 0 Å². The van der Waals surface area contributed by atoms with Crippen LogP contribution in [0.3, 0.4) is 0 Å². The van der Waals surface area contributed by atoms with Gasteiger partial charge in [-0.2, -0.15) is 0 Å². The van der Waals surface area contributed by atoms with Crippen LogP contribution in [0.1, 0.15) is 0 Å². The number of rotatable bonds is 6. The van der Waals surface area contributed by atoms with Gasteiger partial charge in [-0.25, -0.2) is 8.78 Å². The zero-order chi connectivity index (χ0) is 15.2. The van der Waals surface area contributed by atoms with Crippen molar-refractivity contribution in [2.75, 3.05) is 14.2 Å². The average Bonchev–Trinajstić information content (AvgIpc) is 2.50. The highest BCUT2D eigenvalue weighted by Crippen LogP contribution is 2.31. The molecule has 0 saturated carbocycles. The van der Waals surface area contributed by atoms with Gasteiger partial charge in [0.05, 0.1) is 14.2 Å². The van der Waals surface area contributed by atoms with Gasteiger partial charge in [-0.1, -0.05) is 12.1 Å². The lowest BCUT2D eigenvalue weighted by atomic mass is 10.2. The highest BCUT2D eigenvalue weighted by molar-refractivity contribution is 6.21. The van der Waals surface area contributed by atoms with Crippen molar-refractivity contribution < 1.29 is 27.6 Å². The first kappa shape index (κ1) is 15.0. The first-order valence-electron chi connectivity index (χ1n) is 5.97. The Labute approximate surface area is 121 Å². The smallest absolute Gasteiger partial charge is 0.522 e. The van der Waals surface area contributed by atoms with Gasteiger partial charge in [-0.15, -0.1) is 0 Å². The molecule has 1 radical (unpaired) electrons. The zero-order valence-electron chi connectivity index (χ0n) is 11.4. The first-order valence-corrected chi connectivity index (χ1v) is 5.97. The van der Waals surface area contributed by atoms with Gasteiger partial charge in [0.15, 0.2) is 34.6 Å². The maximum absolute atomic E-state index is 13.6. The lowest BCUT2D eigenvalue weighted by molar-refractivity contribution is 0.353. The summed E-state index contributed by atoms with van der Waals surface area (Å²) in [4.78, 5) is 0. The Morgan fingerprint density at radius 2 is 1.19 bits per heavy atom. The quantitative estimate of drug-likeness (QED) is 0.767. The average molecular weight is 293 g/mol. The van der Waals surface area contributed by atoms with Gasteiger partial charge >= 0.3 is 7.69 Å². The third kappa shape index (κ3) is 3.36. The molecular weight excluding hydrogens is 281 g/mol. The summed E-state index contributed by atoms with van der Waals surface area (Å²) in [6.07, 6.45) is 0. The van der Waals surface area contributed by atoms with E-state index in [0.29, 0.717) is 0 Å². The number of para-hydroxylation sites is 2. The largest absolute Gasteiger partial charge is 0.658 e. The van der Waals surface area contributed by atoms with E-state index in [4.69, 9.17) is 18.8 Å². The summed E-state index contributed by atoms with van der Waals surface area (Å²) < 4.78 is 47.2. The minimum atomic E-state index is -0.630. The van der Waals surface area contributed by atoms with Crippen molar-refractivity contribution in [3.8, 4) is 23.0 Å². The van der Waals surface area contributed by atoms with E-state index >= 15 is 0 Å². The molecule has 0 saturated heterocycles. The predicted octanol–water partition coefficient (Wildman–Crippen LogP) is 2.97. The Kier molecular flexibility index (Phi) is 4.87. The Hall–Kier alpha value is -2.44. The molecule has 0 bridgehead atoms. The fraction of sp³-hybridized carbons (Fsp3) is 0.143. The van der Waals surface area contributed by atoms with Crippen molar-refractivity contribution in [3.63, 3.8) is 0 Å². The van der Waals surface area contributed by atoms with Gasteiger partial charge in [0.1, 0.15) is 0 Å². The van der Waals surface area contributed by atoms with Crippen LogP contribution in [0.5, 0.6) is 23.0 Å². The fourth-order valence-electron chi connectivity index (χ4n) is 1.65. The SMILES string of the molecule is COc1cccc(F)c1O[B]Oc1c(F)cccc1OC. The molecule has 0 atom stereocenters. The maximum Gasteiger partial charge on any atom is 0.658 e. The Bertz CT molecular complexity index is 568. The van der Waals surface area contributed by atoms with Crippen LogP contribution in [0.2, 0.25) is 0 Å². The summed E-state index contributed by atoms with van der Waals surface area (Å²) in [5.41, 5.74) is 0. The van der Waals surface area contributed by atoms with Crippen LogP contribution in [0, 0.1) is 11.6 Å². The van der Waals surface area contributed by atoms with Crippen LogP contribution in [-0.4, -0.2) is 21.9 Å². The molecule has 0 heterocycles. The van der Waals surface area contributed by atoms with E-state index in [-0.39, 0.29) is 23.0 Å². The van der Waals surface area contributed by atoms with E-state index in [1.54, 1.807) is 0 Å². The third-order valence-corrected chi connectivity index (χ3v) is 2.63. The van der Waals surface area contributed by atoms with Gasteiger partial charge < -0.3 is 18.8 Å². The lowest BCUT2D eigenvalue weighted by Gasteiger charge is -2.13. The molecule has 2 aromatic carbocycles. The van der Waals surface area contributed by atoms with Gasteiger partial charge in [-0.3, -0.25) is 0 Å². The molecule has 0 unspecified atom stereocenters. The fourth-order valence-corrected chi connectivity index (χ4v) is 1.65. The van der Waals surface area contributed by atoms with Gasteiger partial charge in [0, 0.05) is 0 Å². The minimum absolute atomic E-state index is 0.157. The van der Waals surface area contributed by atoms with Crippen molar-refractivity contribution in [1.82, 2.24) is 0 Å². The molecule has 2 rings (SSSR count). The second kappa shape index (κ2) is 6.83. The van der Waals surface area contributed by atoms with E-state index in [2.05, 4.69) is 0 Å². The van der Waals surface area contributed by atoms with Crippen LogP contribution in [-0.2, 0) is 0 Å². The Balaban J connectivity index is 2.09. The van der Waals surface area contributed by atoms with Crippen LogP contribution < -0.4 is 18.8 Å². The summed E-state index contributed by atoms with van der Waals surface area (Å²) in [6.45, 7) is 0. The van der Waals surface area contributed by atoms with Crippen molar-refractivity contribution in [2.45, 2.75) is 0 Å². The molecule has 0 aromatic heterocycles. The van der Waals surface area contributed by atoms with Crippen LogP contribution >= 0.6 is 0 Å². The number of methoxy groups -OCH3 is 2. The summed E-state index contributed by atoms with van der Waals surface area (Å²) in [6, 6.07) is 8.40. The molecule has 0 aliphatic heterocycles. The van der Waals surface area contributed by atoms with Gasteiger partial charge in [0.25, 0.3) is 0 Å². The topological polar surface area (TPSA) is 36.9 Å². The molecule has 0 fully saturated rings. The third-order valence-electron chi connectivity index (χ3n) is 2.63. The summed E-state index contributed by atoms with van der Waals surface area (Å²) in [7, 11) is 3.56. The normalized spacial score (nSPS) is 9.90. The lowest BCUT2D eigenvalue weighted by Crippen LogP contribution is -2.14. The molecule has 0 aliphatic rings. The molecule has 2 aromatic rings. The van der Waals surface area contributed by atoms with E-state index in [1.807, 2.05) is 0 Å². The van der Waals surface area contributed by atoms with E-state index in [0.717, 1.165) is 7.69 Å². The predicted molar refractivity (Wildman–Crippen MR) is 72.9 cm³/mol. The zero-order valence-corrected chi connectivity index (χ0v) is 11.4. The first-order chi connectivity index (χ1) is 10.2. The number of hydrogen-bond donors (Lipinski definition) is 0. The monoisotopic (exact) mass is 293 g/mol. The number of ether oxygens (including phenoxy) is 2. The standard InChI is InChI=1S/C14H12BF2O4/c1-18-11-7-3-5-9(16)13(11)20-15-21-14-10(17)6-4-8-12(14)19-2/h3-8H,1-2H3. The number of benzene rings is 2. The number of hydrogen-bond acceptors (Lipinski definition) is 4. The van der Waals surface area contributed by atoms with E-state index < -0.39 is 11.6 Å². The van der Waals surface area contributed by atoms with Crippen LogP contribution in [0.15, 0.2) is 36.4 Å². The highest BCUT2D eigenvalue weighted by atomic mass is 19.1. The van der Waals surface area contributed by atoms with Crippen molar-refractivity contribution >= 4 is 7.69 Å². The molecule has 0 N–H and O–H groups in total. The molecule has 0 spiro atoms. The highest BCUT2D eigenvalue weighted by Gasteiger charge is 2.16. The molecule has 109 valence electrons. The van der Waals surface area contributed by atoms with Crippen molar-refractivity contribution in [3.05, 3.63) is 48.0 Å². The Morgan fingerprint density at radius 3 is 1.57 bits per heavy atom. The Morgan fingerprint density at radius 1 is 0.762 bits per heavy atom. The molecule has 0 aliphatic carbocycles. The molecular formula is C14H12BF2O4. The summed E-state index contributed by atoms with van der Waals surface area (Å²) >= 11 is 0. The minimum Gasteiger partial charge on any atom is -0.522 e. The maximum atomic E-state index is 13.6. The van der Waals surface area contributed by atoms with Crippen molar-refractivity contribution in [2.24, 2.45) is 0 Å². The second-order valence-electron chi connectivity index (χ2n) is 3.87. The van der Waals surface area contributed by atoms with Crippen LogP contribution in [0.4, 0.5) is 8.78 Å².